The minimum Gasteiger partial charge on any atom is -0.447 e. The predicted octanol–water partition coefficient (Wildman–Crippen LogP) is 2.21. The number of benzene rings is 1. The minimum atomic E-state index is -0.196. The first-order chi connectivity index (χ1) is 14.2. The van der Waals surface area contributed by atoms with Gasteiger partial charge in [-0.05, 0) is 25.3 Å². The van der Waals surface area contributed by atoms with E-state index in [4.69, 9.17) is 9.15 Å². The first-order valence-corrected chi connectivity index (χ1v) is 10.5. The van der Waals surface area contributed by atoms with E-state index in [0.717, 1.165) is 52.2 Å². The summed E-state index contributed by atoms with van der Waals surface area (Å²) in [5.41, 5.74) is 3.02. The third-order valence-electron chi connectivity index (χ3n) is 5.61. The molecule has 2 fully saturated rings. The Kier molecular flexibility index (Phi) is 6.59. The van der Waals surface area contributed by atoms with Crippen molar-refractivity contribution >= 4 is 5.91 Å². The molecule has 1 aromatic carbocycles. The SMILES string of the molecule is Cc1cccc(CN2CCN(Cc3nc(C(=O)NCC4CCCO4)co3)CC2)c1. The van der Waals surface area contributed by atoms with Gasteiger partial charge in [0.15, 0.2) is 5.69 Å². The number of oxazole rings is 1. The van der Waals surface area contributed by atoms with Gasteiger partial charge in [0.2, 0.25) is 5.89 Å². The number of rotatable bonds is 7. The number of nitrogens with zero attached hydrogens (tertiary/aromatic N) is 3. The first kappa shape index (κ1) is 20.1. The van der Waals surface area contributed by atoms with E-state index >= 15 is 0 Å². The number of hydrogen-bond acceptors (Lipinski definition) is 6. The zero-order valence-corrected chi connectivity index (χ0v) is 17.1. The zero-order chi connectivity index (χ0) is 20.1. The van der Waals surface area contributed by atoms with E-state index < -0.39 is 0 Å². The summed E-state index contributed by atoms with van der Waals surface area (Å²) in [6.07, 6.45) is 3.64. The summed E-state index contributed by atoms with van der Waals surface area (Å²) in [6, 6.07) is 8.70. The second-order valence-electron chi connectivity index (χ2n) is 8.01. The van der Waals surface area contributed by atoms with Crippen LogP contribution in [0.15, 0.2) is 34.9 Å². The largest absolute Gasteiger partial charge is 0.447 e. The highest BCUT2D eigenvalue weighted by atomic mass is 16.5. The van der Waals surface area contributed by atoms with E-state index in [2.05, 4.69) is 51.3 Å². The van der Waals surface area contributed by atoms with Gasteiger partial charge in [0.05, 0.1) is 12.6 Å². The number of piperazine rings is 1. The van der Waals surface area contributed by atoms with Crippen LogP contribution in [-0.4, -0.2) is 66.1 Å². The molecule has 2 aromatic rings. The molecule has 0 aliphatic carbocycles. The van der Waals surface area contributed by atoms with Crippen molar-refractivity contribution in [2.24, 2.45) is 0 Å². The van der Waals surface area contributed by atoms with Gasteiger partial charge in [-0.2, -0.15) is 0 Å². The standard InChI is InChI=1S/C22H30N4O3/c1-17-4-2-5-18(12-17)14-25-7-9-26(10-8-25)15-21-24-20(16-29-21)22(27)23-13-19-6-3-11-28-19/h2,4-5,12,16,19H,3,6-11,13-15H2,1H3,(H,23,27). The fourth-order valence-corrected chi connectivity index (χ4v) is 3.96. The fraction of sp³-hybridized carbons (Fsp3) is 0.545. The van der Waals surface area contributed by atoms with Crippen LogP contribution in [0.25, 0.3) is 0 Å². The summed E-state index contributed by atoms with van der Waals surface area (Å²) in [7, 11) is 0. The van der Waals surface area contributed by atoms with Gasteiger partial charge >= 0.3 is 0 Å². The Hall–Kier alpha value is -2.22. The van der Waals surface area contributed by atoms with E-state index in [1.807, 2.05) is 0 Å². The highest BCUT2D eigenvalue weighted by molar-refractivity contribution is 5.91. The molecule has 1 amide bonds. The van der Waals surface area contributed by atoms with E-state index in [-0.39, 0.29) is 12.0 Å². The Balaban J connectivity index is 1.21. The lowest BCUT2D eigenvalue weighted by Crippen LogP contribution is -2.45. The van der Waals surface area contributed by atoms with Gasteiger partial charge in [0.25, 0.3) is 5.91 Å². The Morgan fingerprint density at radius 1 is 1.21 bits per heavy atom. The average Bonchev–Trinajstić information content (AvgIpc) is 3.40. The lowest BCUT2D eigenvalue weighted by atomic mass is 10.1. The molecule has 2 aliphatic rings. The molecule has 0 spiro atoms. The van der Waals surface area contributed by atoms with Crippen LogP contribution in [0.2, 0.25) is 0 Å². The number of aryl methyl sites for hydroxylation is 1. The number of carbonyl (C=O) groups is 1. The second-order valence-corrected chi connectivity index (χ2v) is 8.01. The number of aromatic nitrogens is 1. The molecule has 2 aliphatic heterocycles. The molecule has 156 valence electrons. The van der Waals surface area contributed by atoms with Crippen LogP contribution < -0.4 is 5.32 Å². The number of hydrogen-bond donors (Lipinski definition) is 1. The summed E-state index contributed by atoms with van der Waals surface area (Å²) >= 11 is 0. The van der Waals surface area contributed by atoms with Gasteiger partial charge in [-0.3, -0.25) is 14.6 Å². The predicted molar refractivity (Wildman–Crippen MR) is 110 cm³/mol. The van der Waals surface area contributed by atoms with Crippen molar-refractivity contribution in [1.29, 1.82) is 0 Å². The Morgan fingerprint density at radius 2 is 2.00 bits per heavy atom. The highest BCUT2D eigenvalue weighted by Crippen LogP contribution is 2.13. The van der Waals surface area contributed by atoms with Crippen molar-refractivity contribution in [3.63, 3.8) is 0 Å². The van der Waals surface area contributed by atoms with Crippen molar-refractivity contribution in [2.75, 3.05) is 39.3 Å². The molecule has 3 heterocycles. The maximum Gasteiger partial charge on any atom is 0.273 e. The molecule has 1 aromatic heterocycles. The summed E-state index contributed by atoms with van der Waals surface area (Å²) in [5, 5.41) is 2.88. The second kappa shape index (κ2) is 9.52. The van der Waals surface area contributed by atoms with Gasteiger partial charge in [0.1, 0.15) is 6.26 Å². The molecule has 0 saturated carbocycles. The smallest absolute Gasteiger partial charge is 0.273 e. The van der Waals surface area contributed by atoms with Gasteiger partial charge in [-0.1, -0.05) is 29.8 Å². The maximum atomic E-state index is 12.2. The average molecular weight is 399 g/mol. The number of ether oxygens (including phenoxy) is 1. The van der Waals surface area contributed by atoms with Crippen molar-refractivity contribution in [3.05, 3.63) is 53.2 Å². The number of amides is 1. The van der Waals surface area contributed by atoms with Crippen LogP contribution in [0.3, 0.4) is 0 Å². The van der Waals surface area contributed by atoms with Crippen molar-refractivity contribution in [2.45, 2.75) is 39.0 Å². The van der Waals surface area contributed by atoms with Gasteiger partial charge < -0.3 is 14.5 Å². The molecule has 1 unspecified atom stereocenters. The molecule has 7 heteroatoms. The Bertz CT molecular complexity index is 808. The minimum absolute atomic E-state index is 0.126. The lowest BCUT2D eigenvalue weighted by Gasteiger charge is -2.34. The van der Waals surface area contributed by atoms with Gasteiger partial charge in [0, 0.05) is 45.9 Å². The molecule has 1 atom stereocenters. The van der Waals surface area contributed by atoms with E-state index in [0.29, 0.717) is 24.7 Å². The van der Waals surface area contributed by atoms with E-state index in [1.54, 1.807) is 0 Å². The van der Waals surface area contributed by atoms with Crippen LogP contribution in [0.1, 0.15) is 40.3 Å². The van der Waals surface area contributed by atoms with Gasteiger partial charge in [-0.25, -0.2) is 4.98 Å². The lowest BCUT2D eigenvalue weighted by molar-refractivity contribution is 0.0853. The normalized spacial score (nSPS) is 20.8. The fourth-order valence-electron chi connectivity index (χ4n) is 3.96. The van der Waals surface area contributed by atoms with E-state index in [9.17, 15) is 4.79 Å². The quantitative estimate of drug-likeness (QED) is 0.771. The first-order valence-electron chi connectivity index (χ1n) is 10.5. The molecule has 4 rings (SSSR count). The van der Waals surface area contributed by atoms with Crippen LogP contribution in [0.5, 0.6) is 0 Å². The summed E-state index contributed by atoms with van der Waals surface area (Å²) in [5.74, 6) is 0.401. The van der Waals surface area contributed by atoms with Crippen LogP contribution >= 0.6 is 0 Å². The van der Waals surface area contributed by atoms with Crippen molar-refractivity contribution in [3.8, 4) is 0 Å². The molecule has 29 heavy (non-hydrogen) atoms. The van der Waals surface area contributed by atoms with Gasteiger partial charge in [-0.15, -0.1) is 0 Å². The Labute approximate surface area is 172 Å². The van der Waals surface area contributed by atoms with Crippen molar-refractivity contribution in [1.82, 2.24) is 20.1 Å². The summed E-state index contributed by atoms with van der Waals surface area (Å²) in [6.45, 7) is 9.04. The van der Waals surface area contributed by atoms with Crippen LogP contribution in [0.4, 0.5) is 0 Å². The van der Waals surface area contributed by atoms with Crippen molar-refractivity contribution < 1.29 is 13.9 Å². The molecule has 0 radical (unpaired) electrons. The molecule has 0 bridgehead atoms. The zero-order valence-electron chi connectivity index (χ0n) is 17.1. The summed E-state index contributed by atoms with van der Waals surface area (Å²) in [4.78, 5) is 21.4. The number of nitrogens with one attached hydrogen (secondary N) is 1. The molecular formula is C22H30N4O3. The highest BCUT2D eigenvalue weighted by Gasteiger charge is 2.21. The van der Waals surface area contributed by atoms with Crippen LogP contribution in [0, 0.1) is 6.92 Å². The molecule has 2 saturated heterocycles. The molecule has 1 N–H and O–H groups in total. The Morgan fingerprint density at radius 3 is 2.72 bits per heavy atom. The number of carbonyl (C=O) groups excluding carboxylic acids is 1. The molecular weight excluding hydrogens is 368 g/mol. The molecule has 7 nitrogen and oxygen atoms in total. The third kappa shape index (κ3) is 5.65. The summed E-state index contributed by atoms with van der Waals surface area (Å²) < 4.78 is 11.1. The van der Waals surface area contributed by atoms with Crippen LogP contribution in [-0.2, 0) is 17.8 Å². The maximum absolute atomic E-state index is 12.2. The monoisotopic (exact) mass is 398 g/mol. The topological polar surface area (TPSA) is 70.8 Å². The van der Waals surface area contributed by atoms with E-state index in [1.165, 1.54) is 17.4 Å². The third-order valence-corrected chi connectivity index (χ3v) is 5.61.